The largest absolute Gasteiger partial charge is 0.303 e. The monoisotopic (exact) mass is 279 g/mol. The van der Waals surface area contributed by atoms with Crippen LogP contribution in [-0.2, 0) is 5.41 Å². The average molecular weight is 280 g/mol. The molecule has 1 unspecified atom stereocenters. The summed E-state index contributed by atoms with van der Waals surface area (Å²) in [6.45, 7) is 1.29. The lowest BCUT2D eigenvalue weighted by atomic mass is 9.69. The summed E-state index contributed by atoms with van der Waals surface area (Å²) in [6.07, 6.45) is 9.82. The number of likely N-dealkylation sites (N-methyl/N-ethyl adjacent to an activating group) is 1. The predicted molar refractivity (Wildman–Crippen MR) is 84.1 cm³/mol. The Balaban J connectivity index is 0.00000133. The highest BCUT2D eigenvalue weighted by molar-refractivity contribution is 5.85. The minimum atomic E-state index is 0. The molecule has 1 saturated heterocycles. The zero-order chi connectivity index (χ0) is 12.4. The highest BCUT2D eigenvalue weighted by Gasteiger charge is 2.44. The molecular formula is C17H26ClN. The van der Waals surface area contributed by atoms with Crippen LogP contribution in [0.2, 0.25) is 0 Å². The lowest BCUT2D eigenvalue weighted by molar-refractivity contribution is 0.105. The Morgan fingerprint density at radius 3 is 2.32 bits per heavy atom. The molecule has 1 aliphatic heterocycles. The van der Waals surface area contributed by atoms with Crippen LogP contribution in [0, 0.1) is 0 Å². The summed E-state index contributed by atoms with van der Waals surface area (Å²) in [5.74, 6) is 0. The van der Waals surface area contributed by atoms with E-state index in [0.717, 1.165) is 6.04 Å². The number of halogens is 1. The molecule has 19 heavy (non-hydrogen) atoms. The van der Waals surface area contributed by atoms with E-state index in [2.05, 4.69) is 42.3 Å². The summed E-state index contributed by atoms with van der Waals surface area (Å²) in [7, 11) is 2.34. The molecule has 0 N–H and O–H groups in total. The number of hydrogen-bond donors (Lipinski definition) is 0. The quantitative estimate of drug-likeness (QED) is 0.775. The maximum Gasteiger partial charge on any atom is 0.0189 e. The molecule has 1 atom stereocenters. The standard InChI is InChI=1S/C17H25N.ClH/c1-18-14-8-5-11-16(18)17(12-6-7-13-17)15-9-3-2-4-10-15;/h2-4,9-10,16H,5-8,11-14H2,1H3;1H. The Morgan fingerprint density at radius 2 is 1.68 bits per heavy atom. The summed E-state index contributed by atoms with van der Waals surface area (Å²) < 4.78 is 0. The molecule has 1 aromatic carbocycles. The van der Waals surface area contributed by atoms with Crippen LogP contribution in [0.4, 0.5) is 0 Å². The van der Waals surface area contributed by atoms with Crippen LogP contribution in [-0.4, -0.2) is 24.5 Å². The Labute approximate surface area is 123 Å². The van der Waals surface area contributed by atoms with Crippen molar-refractivity contribution < 1.29 is 0 Å². The van der Waals surface area contributed by atoms with Crippen molar-refractivity contribution in [3.8, 4) is 0 Å². The SMILES string of the molecule is CN1CCCCC1C1(c2ccccc2)CCCC1.Cl. The van der Waals surface area contributed by atoms with Crippen LogP contribution < -0.4 is 0 Å². The second kappa shape index (κ2) is 6.28. The van der Waals surface area contributed by atoms with Crippen molar-refractivity contribution in [2.45, 2.75) is 56.4 Å². The molecule has 0 bridgehead atoms. The van der Waals surface area contributed by atoms with E-state index in [1.165, 1.54) is 51.5 Å². The van der Waals surface area contributed by atoms with Crippen LogP contribution in [0.15, 0.2) is 30.3 Å². The van der Waals surface area contributed by atoms with Gasteiger partial charge in [0.05, 0.1) is 0 Å². The zero-order valence-corrected chi connectivity index (χ0v) is 12.8. The molecule has 0 aromatic heterocycles. The van der Waals surface area contributed by atoms with Crippen LogP contribution in [0.25, 0.3) is 0 Å². The maximum atomic E-state index is 2.64. The van der Waals surface area contributed by atoms with Crippen molar-refractivity contribution in [1.29, 1.82) is 0 Å². The van der Waals surface area contributed by atoms with Gasteiger partial charge in [-0.2, -0.15) is 0 Å². The van der Waals surface area contributed by atoms with Gasteiger partial charge in [-0.1, -0.05) is 49.6 Å². The lowest BCUT2D eigenvalue weighted by Crippen LogP contribution is -2.50. The Morgan fingerprint density at radius 1 is 1.00 bits per heavy atom. The first-order valence-corrected chi connectivity index (χ1v) is 7.59. The van der Waals surface area contributed by atoms with Gasteiger partial charge in [-0.25, -0.2) is 0 Å². The van der Waals surface area contributed by atoms with E-state index in [1.807, 2.05) is 0 Å². The highest BCUT2D eigenvalue weighted by atomic mass is 35.5. The van der Waals surface area contributed by atoms with E-state index in [0.29, 0.717) is 5.41 Å². The van der Waals surface area contributed by atoms with Gasteiger partial charge in [0, 0.05) is 11.5 Å². The summed E-state index contributed by atoms with van der Waals surface area (Å²) in [5, 5.41) is 0. The van der Waals surface area contributed by atoms with Gasteiger partial charge in [-0.05, 0) is 44.8 Å². The van der Waals surface area contributed by atoms with E-state index in [4.69, 9.17) is 0 Å². The minimum Gasteiger partial charge on any atom is -0.303 e. The Kier molecular flexibility index (Phi) is 4.92. The summed E-state index contributed by atoms with van der Waals surface area (Å²) >= 11 is 0. The third-order valence-corrected chi connectivity index (χ3v) is 5.25. The fourth-order valence-corrected chi connectivity index (χ4v) is 4.36. The first-order chi connectivity index (χ1) is 8.83. The zero-order valence-electron chi connectivity index (χ0n) is 12.0. The fraction of sp³-hybridized carbons (Fsp3) is 0.647. The van der Waals surface area contributed by atoms with Gasteiger partial charge < -0.3 is 4.90 Å². The summed E-state index contributed by atoms with van der Waals surface area (Å²) in [4.78, 5) is 2.64. The first kappa shape index (κ1) is 14.9. The van der Waals surface area contributed by atoms with Crippen LogP contribution in [0.1, 0.15) is 50.5 Å². The molecular weight excluding hydrogens is 254 g/mol. The molecule has 106 valence electrons. The third kappa shape index (κ3) is 2.68. The van der Waals surface area contributed by atoms with Gasteiger partial charge in [0.1, 0.15) is 0 Å². The topological polar surface area (TPSA) is 3.24 Å². The minimum absolute atomic E-state index is 0. The smallest absolute Gasteiger partial charge is 0.0189 e. The third-order valence-electron chi connectivity index (χ3n) is 5.25. The van der Waals surface area contributed by atoms with Gasteiger partial charge in [-0.15, -0.1) is 12.4 Å². The van der Waals surface area contributed by atoms with Gasteiger partial charge in [0.25, 0.3) is 0 Å². The molecule has 3 rings (SSSR count). The van der Waals surface area contributed by atoms with E-state index in [-0.39, 0.29) is 12.4 Å². The summed E-state index contributed by atoms with van der Waals surface area (Å²) in [6, 6.07) is 12.1. The van der Waals surface area contributed by atoms with Crippen molar-refractivity contribution in [1.82, 2.24) is 4.90 Å². The van der Waals surface area contributed by atoms with Gasteiger partial charge in [0.15, 0.2) is 0 Å². The van der Waals surface area contributed by atoms with Crippen molar-refractivity contribution >= 4 is 12.4 Å². The van der Waals surface area contributed by atoms with Gasteiger partial charge in [0.2, 0.25) is 0 Å². The molecule has 0 radical (unpaired) electrons. The molecule has 2 fully saturated rings. The van der Waals surface area contributed by atoms with E-state index in [1.54, 1.807) is 5.56 Å². The lowest BCUT2D eigenvalue weighted by Gasteiger charge is -2.46. The van der Waals surface area contributed by atoms with E-state index >= 15 is 0 Å². The molecule has 1 heterocycles. The van der Waals surface area contributed by atoms with Crippen molar-refractivity contribution in [2.75, 3.05) is 13.6 Å². The Hall–Kier alpha value is -0.530. The average Bonchev–Trinajstić information content (AvgIpc) is 2.91. The van der Waals surface area contributed by atoms with Crippen LogP contribution in [0.3, 0.4) is 0 Å². The second-order valence-electron chi connectivity index (χ2n) is 6.22. The van der Waals surface area contributed by atoms with E-state index < -0.39 is 0 Å². The first-order valence-electron chi connectivity index (χ1n) is 7.59. The summed E-state index contributed by atoms with van der Waals surface area (Å²) in [5.41, 5.74) is 2.05. The van der Waals surface area contributed by atoms with Crippen molar-refractivity contribution in [2.24, 2.45) is 0 Å². The maximum absolute atomic E-state index is 2.64. The Bertz CT molecular complexity index is 384. The molecule has 0 amide bonds. The number of rotatable bonds is 2. The highest BCUT2D eigenvalue weighted by Crippen LogP contribution is 2.47. The molecule has 2 aliphatic rings. The molecule has 0 spiro atoms. The number of hydrogen-bond acceptors (Lipinski definition) is 1. The number of benzene rings is 1. The molecule has 1 saturated carbocycles. The number of piperidine rings is 1. The number of nitrogens with zero attached hydrogens (tertiary/aromatic N) is 1. The van der Waals surface area contributed by atoms with Gasteiger partial charge in [-0.3, -0.25) is 0 Å². The molecule has 2 heteroatoms. The second-order valence-corrected chi connectivity index (χ2v) is 6.22. The van der Waals surface area contributed by atoms with Crippen LogP contribution >= 0.6 is 12.4 Å². The van der Waals surface area contributed by atoms with Crippen molar-refractivity contribution in [3.05, 3.63) is 35.9 Å². The normalized spacial score (nSPS) is 26.9. The van der Waals surface area contributed by atoms with Crippen molar-refractivity contribution in [3.63, 3.8) is 0 Å². The number of likely N-dealkylation sites (tertiary alicyclic amines) is 1. The fourth-order valence-electron chi connectivity index (χ4n) is 4.36. The van der Waals surface area contributed by atoms with E-state index in [9.17, 15) is 0 Å². The predicted octanol–water partition coefficient (Wildman–Crippen LogP) is 4.40. The molecule has 1 aromatic rings. The van der Waals surface area contributed by atoms with Crippen LogP contribution in [0.5, 0.6) is 0 Å². The van der Waals surface area contributed by atoms with Gasteiger partial charge >= 0.3 is 0 Å². The molecule has 1 aliphatic carbocycles. The molecule has 1 nitrogen and oxygen atoms in total.